The molecular weight excluding hydrogens is 302 g/mol. The Kier molecular flexibility index (Phi) is 6.14. The zero-order chi connectivity index (χ0) is 16.9. The normalized spacial score (nSPS) is 32.6. The molecule has 5 heteroatoms. The van der Waals surface area contributed by atoms with E-state index in [1.807, 2.05) is 0 Å². The molecule has 3 aliphatic rings. The van der Waals surface area contributed by atoms with Crippen LogP contribution in [0.3, 0.4) is 0 Å². The van der Waals surface area contributed by atoms with E-state index in [1.165, 1.54) is 44.9 Å². The van der Waals surface area contributed by atoms with Gasteiger partial charge in [0.05, 0.1) is 12.1 Å². The van der Waals surface area contributed by atoms with Crippen LogP contribution in [-0.4, -0.2) is 43.0 Å². The number of carbonyl (C=O) groups is 2. The summed E-state index contributed by atoms with van der Waals surface area (Å²) in [6, 6.07) is 0. The van der Waals surface area contributed by atoms with Crippen molar-refractivity contribution in [1.29, 1.82) is 0 Å². The van der Waals surface area contributed by atoms with Crippen LogP contribution < -0.4 is 10.6 Å². The SMILES string of the molecule is CN1CC(C(=O)NC2CCC(CC3CCCCC3)CN2)CCC1=O. The molecule has 2 heterocycles. The van der Waals surface area contributed by atoms with E-state index in [4.69, 9.17) is 0 Å². The predicted octanol–water partition coefficient (Wildman–Crippen LogP) is 2.27. The van der Waals surface area contributed by atoms with Crippen molar-refractivity contribution < 1.29 is 9.59 Å². The minimum Gasteiger partial charge on any atom is -0.345 e. The molecule has 2 amide bonds. The molecule has 2 saturated heterocycles. The molecule has 5 nitrogen and oxygen atoms in total. The minimum absolute atomic E-state index is 0.0468. The lowest BCUT2D eigenvalue weighted by molar-refractivity contribution is -0.137. The average Bonchev–Trinajstić information content (AvgIpc) is 2.60. The van der Waals surface area contributed by atoms with E-state index >= 15 is 0 Å². The number of hydrogen-bond donors (Lipinski definition) is 2. The van der Waals surface area contributed by atoms with E-state index in [1.54, 1.807) is 11.9 Å². The van der Waals surface area contributed by atoms with E-state index in [9.17, 15) is 9.59 Å². The van der Waals surface area contributed by atoms with Gasteiger partial charge in [0.15, 0.2) is 0 Å². The van der Waals surface area contributed by atoms with Crippen molar-refractivity contribution in [2.45, 2.75) is 70.4 Å². The van der Waals surface area contributed by atoms with Crippen molar-refractivity contribution in [3.8, 4) is 0 Å². The smallest absolute Gasteiger partial charge is 0.226 e. The lowest BCUT2D eigenvalue weighted by Crippen LogP contribution is -2.53. The standard InChI is InChI=1S/C19H33N3O2/c1-22-13-16(8-10-18(22)23)19(24)21-17-9-7-15(12-20-17)11-14-5-3-2-4-6-14/h14-17,20H,2-13H2,1H3,(H,21,24). The number of piperidine rings is 2. The van der Waals surface area contributed by atoms with E-state index in [2.05, 4.69) is 10.6 Å². The van der Waals surface area contributed by atoms with Gasteiger partial charge in [-0.05, 0) is 44.1 Å². The van der Waals surface area contributed by atoms with Crippen LogP contribution in [0.4, 0.5) is 0 Å². The molecule has 3 fully saturated rings. The molecule has 136 valence electrons. The average molecular weight is 335 g/mol. The topological polar surface area (TPSA) is 61.4 Å². The summed E-state index contributed by atoms with van der Waals surface area (Å²) < 4.78 is 0. The second kappa shape index (κ2) is 8.32. The van der Waals surface area contributed by atoms with Gasteiger partial charge in [-0.25, -0.2) is 0 Å². The number of nitrogens with zero attached hydrogens (tertiary/aromatic N) is 1. The maximum absolute atomic E-state index is 12.4. The third kappa shape index (κ3) is 4.71. The largest absolute Gasteiger partial charge is 0.345 e. The van der Waals surface area contributed by atoms with Gasteiger partial charge in [0.2, 0.25) is 11.8 Å². The van der Waals surface area contributed by atoms with Crippen LogP contribution in [-0.2, 0) is 9.59 Å². The lowest BCUT2D eigenvalue weighted by Gasteiger charge is -2.35. The van der Waals surface area contributed by atoms with Crippen molar-refractivity contribution >= 4 is 11.8 Å². The fraction of sp³-hybridized carbons (Fsp3) is 0.895. The molecule has 0 aromatic rings. The summed E-state index contributed by atoms with van der Waals surface area (Å²) in [5.41, 5.74) is 0. The summed E-state index contributed by atoms with van der Waals surface area (Å²) in [5.74, 6) is 1.93. The molecule has 0 aromatic carbocycles. The van der Waals surface area contributed by atoms with E-state index in [0.717, 1.165) is 24.8 Å². The number of nitrogens with one attached hydrogen (secondary N) is 2. The Morgan fingerprint density at radius 3 is 2.58 bits per heavy atom. The molecule has 3 unspecified atom stereocenters. The Labute approximate surface area is 145 Å². The van der Waals surface area contributed by atoms with Gasteiger partial charge >= 0.3 is 0 Å². The molecule has 0 spiro atoms. The number of rotatable bonds is 4. The molecule has 0 radical (unpaired) electrons. The number of carbonyl (C=O) groups excluding carboxylic acids is 2. The molecule has 3 atom stereocenters. The third-order valence-corrected chi connectivity index (χ3v) is 6.22. The quantitative estimate of drug-likeness (QED) is 0.828. The molecule has 3 rings (SSSR count). The molecule has 1 saturated carbocycles. The van der Waals surface area contributed by atoms with E-state index < -0.39 is 0 Å². The van der Waals surface area contributed by atoms with Crippen molar-refractivity contribution in [2.24, 2.45) is 17.8 Å². The highest BCUT2D eigenvalue weighted by atomic mass is 16.2. The minimum atomic E-state index is -0.0468. The highest BCUT2D eigenvalue weighted by Gasteiger charge is 2.30. The Morgan fingerprint density at radius 2 is 1.92 bits per heavy atom. The van der Waals surface area contributed by atoms with Gasteiger partial charge < -0.3 is 10.2 Å². The molecule has 1 aliphatic carbocycles. The van der Waals surface area contributed by atoms with E-state index in [0.29, 0.717) is 19.4 Å². The van der Waals surface area contributed by atoms with Gasteiger partial charge in [0.25, 0.3) is 0 Å². The molecule has 24 heavy (non-hydrogen) atoms. The summed E-state index contributed by atoms with van der Waals surface area (Å²) in [6.45, 7) is 1.59. The van der Waals surface area contributed by atoms with Crippen LogP contribution in [0, 0.1) is 17.8 Å². The molecule has 0 bridgehead atoms. The van der Waals surface area contributed by atoms with Crippen molar-refractivity contribution in [3.05, 3.63) is 0 Å². The van der Waals surface area contributed by atoms with Crippen LogP contribution in [0.25, 0.3) is 0 Å². The molecule has 0 aromatic heterocycles. The van der Waals surface area contributed by atoms with Gasteiger partial charge in [0, 0.05) is 20.0 Å². The first-order valence-corrected chi connectivity index (χ1v) is 9.89. The van der Waals surface area contributed by atoms with Crippen molar-refractivity contribution in [3.63, 3.8) is 0 Å². The molecular formula is C19H33N3O2. The zero-order valence-corrected chi connectivity index (χ0v) is 15.1. The lowest BCUT2D eigenvalue weighted by atomic mass is 9.80. The predicted molar refractivity (Wildman–Crippen MR) is 94.2 cm³/mol. The van der Waals surface area contributed by atoms with Gasteiger partial charge in [-0.2, -0.15) is 0 Å². The highest BCUT2D eigenvalue weighted by molar-refractivity contribution is 5.83. The first kappa shape index (κ1) is 17.7. The first-order valence-electron chi connectivity index (χ1n) is 9.89. The summed E-state index contributed by atoms with van der Waals surface area (Å²) in [6.07, 6.45) is 12.0. The maximum atomic E-state index is 12.4. The van der Waals surface area contributed by atoms with Gasteiger partial charge in [-0.1, -0.05) is 32.1 Å². The van der Waals surface area contributed by atoms with Crippen LogP contribution in [0.5, 0.6) is 0 Å². The number of likely N-dealkylation sites (tertiary alicyclic amines) is 1. The molecule has 2 aliphatic heterocycles. The summed E-state index contributed by atoms with van der Waals surface area (Å²) >= 11 is 0. The van der Waals surface area contributed by atoms with E-state index in [-0.39, 0.29) is 23.9 Å². The Bertz CT molecular complexity index is 440. The second-order valence-electron chi connectivity index (χ2n) is 8.16. The number of amides is 2. The molecule has 2 N–H and O–H groups in total. The Morgan fingerprint density at radius 1 is 1.12 bits per heavy atom. The van der Waals surface area contributed by atoms with Gasteiger partial charge in [-0.3, -0.25) is 14.9 Å². The van der Waals surface area contributed by atoms with Crippen LogP contribution >= 0.6 is 0 Å². The fourth-order valence-corrected chi connectivity index (χ4v) is 4.65. The first-order chi connectivity index (χ1) is 11.6. The van der Waals surface area contributed by atoms with Gasteiger partial charge in [-0.15, -0.1) is 0 Å². The van der Waals surface area contributed by atoms with Crippen LogP contribution in [0.1, 0.15) is 64.2 Å². The summed E-state index contributed by atoms with van der Waals surface area (Å²) in [5, 5.41) is 6.70. The third-order valence-electron chi connectivity index (χ3n) is 6.22. The Hall–Kier alpha value is -1.10. The number of hydrogen-bond acceptors (Lipinski definition) is 3. The Balaban J connectivity index is 1.37. The van der Waals surface area contributed by atoms with Crippen molar-refractivity contribution in [1.82, 2.24) is 15.5 Å². The van der Waals surface area contributed by atoms with Gasteiger partial charge in [0.1, 0.15) is 0 Å². The summed E-state index contributed by atoms with van der Waals surface area (Å²) in [4.78, 5) is 25.6. The zero-order valence-electron chi connectivity index (χ0n) is 15.1. The van der Waals surface area contributed by atoms with Crippen LogP contribution in [0.2, 0.25) is 0 Å². The summed E-state index contributed by atoms with van der Waals surface area (Å²) in [7, 11) is 1.79. The monoisotopic (exact) mass is 335 g/mol. The van der Waals surface area contributed by atoms with Crippen molar-refractivity contribution in [2.75, 3.05) is 20.1 Å². The highest BCUT2D eigenvalue weighted by Crippen LogP contribution is 2.31. The maximum Gasteiger partial charge on any atom is 0.226 e. The fourth-order valence-electron chi connectivity index (χ4n) is 4.65. The van der Waals surface area contributed by atoms with Crippen LogP contribution in [0.15, 0.2) is 0 Å². The second-order valence-corrected chi connectivity index (χ2v) is 8.16.